The number of benzene rings is 2. The van der Waals surface area contributed by atoms with E-state index in [1.165, 1.54) is 4.68 Å². The first-order valence-electron chi connectivity index (χ1n) is 9.05. The largest absolute Gasteiger partial charge is 0.346 e. The molecule has 0 saturated carbocycles. The second-order valence-corrected chi connectivity index (χ2v) is 7.60. The number of carbonyl (C=O) groups is 1. The van der Waals surface area contributed by atoms with Crippen LogP contribution < -0.4 is 10.9 Å². The molecule has 6 nitrogen and oxygen atoms in total. The van der Waals surface area contributed by atoms with Gasteiger partial charge in [0.1, 0.15) is 0 Å². The summed E-state index contributed by atoms with van der Waals surface area (Å²) in [6.45, 7) is 0.481. The molecule has 1 N–H and O–H groups in total. The van der Waals surface area contributed by atoms with Gasteiger partial charge in [-0.3, -0.25) is 14.6 Å². The molecule has 0 unspecified atom stereocenters. The maximum Gasteiger partial charge on any atom is 0.275 e. The quantitative estimate of drug-likeness (QED) is 0.430. The van der Waals surface area contributed by atoms with Crippen molar-refractivity contribution >= 4 is 39.3 Å². The number of rotatable bonds is 5. The molecule has 4 aromatic rings. The van der Waals surface area contributed by atoms with E-state index < -0.39 is 0 Å². The topological polar surface area (TPSA) is 76.9 Å². The number of nitrogens with one attached hydrogen (secondary N) is 1. The minimum Gasteiger partial charge on any atom is -0.346 e. The highest BCUT2D eigenvalue weighted by Gasteiger charge is 2.14. The smallest absolute Gasteiger partial charge is 0.275 e. The van der Waals surface area contributed by atoms with Crippen LogP contribution in [0.1, 0.15) is 21.7 Å². The fraction of sp³-hybridized carbons (Fsp3) is 0.0909. The highest BCUT2D eigenvalue weighted by atomic mass is 127. The molecule has 0 aliphatic rings. The van der Waals surface area contributed by atoms with E-state index in [9.17, 15) is 9.59 Å². The Labute approximate surface area is 180 Å². The van der Waals surface area contributed by atoms with Gasteiger partial charge in [0.2, 0.25) is 0 Å². The summed E-state index contributed by atoms with van der Waals surface area (Å²) in [5, 5.41) is 8.75. The lowest BCUT2D eigenvalue weighted by Gasteiger charge is -2.12. The number of amides is 1. The van der Waals surface area contributed by atoms with Crippen LogP contribution in [0, 0.1) is 3.57 Å². The summed E-state index contributed by atoms with van der Waals surface area (Å²) in [6.07, 6.45) is 1.68. The van der Waals surface area contributed by atoms with Crippen LogP contribution in [0.15, 0.2) is 77.7 Å². The van der Waals surface area contributed by atoms with Crippen LogP contribution in [-0.4, -0.2) is 20.7 Å². The maximum atomic E-state index is 12.9. The van der Waals surface area contributed by atoms with Crippen molar-refractivity contribution in [2.24, 2.45) is 0 Å². The number of fused-ring (bicyclic) bond motifs is 1. The standard InChI is InChI=1S/C22H17IN4O2/c23-19-11-4-3-10-18(19)21(28)25-13-20-16-8-1-2-9-17(16)22(29)27(26-20)14-15-7-5-6-12-24-15/h1-12H,13-14H2,(H,25,28). The Balaban J connectivity index is 1.68. The van der Waals surface area contributed by atoms with E-state index in [1.54, 1.807) is 18.3 Å². The molecule has 144 valence electrons. The summed E-state index contributed by atoms with van der Waals surface area (Å²) in [4.78, 5) is 29.7. The van der Waals surface area contributed by atoms with Gasteiger partial charge in [-0.25, -0.2) is 4.68 Å². The van der Waals surface area contributed by atoms with E-state index in [1.807, 2.05) is 54.6 Å². The Morgan fingerprint density at radius 1 is 0.966 bits per heavy atom. The zero-order chi connectivity index (χ0) is 20.2. The van der Waals surface area contributed by atoms with Crippen molar-refractivity contribution in [2.45, 2.75) is 13.1 Å². The molecular weight excluding hydrogens is 479 g/mol. The first-order chi connectivity index (χ1) is 14.1. The minimum absolute atomic E-state index is 0.177. The maximum absolute atomic E-state index is 12.9. The van der Waals surface area contributed by atoms with Crippen LogP contribution in [0.2, 0.25) is 0 Å². The van der Waals surface area contributed by atoms with Crippen LogP contribution >= 0.6 is 22.6 Å². The van der Waals surface area contributed by atoms with Crippen LogP contribution in [0.5, 0.6) is 0 Å². The number of aromatic nitrogens is 3. The van der Waals surface area contributed by atoms with E-state index >= 15 is 0 Å². The molecule has 29 heavy (non-hydrogen) atoms. The van der Waals surface area contributed by atoms with E-state index in [4.69, 9.17) is 0 Å². The minimum atomic E-state index is -0.182. The Kier molecular flexibility index (Phi) is 5.66. The number of carbonyl (C=O) groups excluding carboxylic acids is 1. The summed E-state index contributed by atoms with van der Waals surface area (Å²) in [6, 6.07) is 20.2. The zero-order valence-corrected chi connectivity index (χ0v) is 17.5. The SMILES string of the molecule is O=C(NCc1nn(Cc2ccccn2)c(=O)c2ccccc12)c1ccccc1I. The highest BCUT2D eigenvalue weighted by Crippen LogP contribution is 2.15. The van der Waals surface area contributed by atoms with Crippen molar-refractivity contribution < 1.29 is 4.79 Å². The number of halogens is 1. The molecule has 1 amide bonds. The molecular formula is C22H17IN4O2. The number of hydrogen-bond acceptors (Lipinski definition) is 4. The molecule has 2 aromatic heterocycles. The van der Waals surface area contributed by atoms with Crippen LogP contribution in [0.4, 0.5) is 0 Å². The third-order valence-electron chi connectivity index (χ3n) is 4.52. The molecule has 0 fully saturated rings. The summed E-state index contributed by atoms with van der Waals surface area (Å²) in [7, 11) is 0. The number of nitrogens with zero attached hydrogens (tertiary/aromatic N) is 3. The van der Waals surface area contributed by atoms with Gasteiger partial charge < -0.3 is 5.32 Å². The van der Waals surface area contributed by atoms with Gasteiger partial charge in [-0.15, -0.1) is 0 Å². The Morgan fingerprint density at radius 2 is 1.69 bits per heavy atom. The predicted molar refractivity (Wildman–Crippen MR) is 120 cm³/mol. The van der Waals surface area contributed by atoms with Crippen LogP contribution in [0.25, 0.3) is 10.8 Å². The monoisotopic (exact) mass is 496 g/mol. The highest BCUT2D eigenvalue weighted by molar-refractivity contribution is 14.1. The average molecular weight is 496 g/mol. The molecule has 0 atom stereocenters. The molecule has 0 bridgehead atoms. The van der Waals surface area contributed by atoms with Gasteiger partial charge in [0.05, 0.1) is 35.4 Å². The molecule has 0 aliphatic heterocycles. The fourth-order valence-corrected chi connectivity index (χ4v) is 3.73. The molecule has 7 heteroatoms. The molecule has 4 rings (SSSR count). The van der Waals surface area contributed by atoms with Gasteiger partial charge in [0.25, 0.3) is 11.5 Å². The van der Waals surface area contributed by atoms with Crippen molar-refractivity contribution in [1.29, 1.82) is 0 Å². The molecule has 0 aliphatic carbocycles. The lowest BCUT2D eigenvalue weighted by Crippen LogP contribution is -2.29. The predicted octanol–water partition coefficient (Wildman–Crippen LogP) is 3.37. The van der Waals surface area contributed by atoms with E-state index in [0.29, 0.717) is 16.6 Å². The van der Waals surface area contributed by atoms with Crippen molar-refractivity contribution in [2.75, 3.05) is 0 Å². The van der Waals surface area contributed by atoms with Gasteiger partial charge in [0, 0.05) is 15.2 Å². The van der Waals surface area contributed by atoms with E-state index in [2.05, 4.69) is 38.0 Å². The fourth-order valence-electron chi connectivity index (χ4n) is 3.09. The van der Waals surface area contributed by atoms with Crippen molar-refractivity contribution in [3.05, 3.63) is 104 Å². The summed E-state index contributed by atoms with van der Waals surface area (Å²) in [5.74, 6) is -0.177. The number of pyridine rings is 1. The first kappa shape index (κ1) is 19.3. The normalized spacial score (nSPS) is 10.8. The van der Waals surface area contributed by atoms with Gasteiger partial charge in [-0.2, -0.15) is 5.10 Å². The molecule has 0 radical (unpaired) electrons. The summed E-state index contributed by atoms with van der Waals surface area (Å²) >= 11 is 2.14. The van der Waals surface area contributed by atoms with Gasteiger partial charge >= 0.3 is 0 Å². The molecule has 2 aromatic carbocycles. The summed E-state index contributed by atoms with van der Waals surface area (Å²) in [5.41, 5.74) is 1.81. The van der Waals surface area contributed by atoms with Crippen LogP contribution in [-0.2, 0) is 13.1 Å². The third kappa shape index (κ3) is 4.19. The van der Waals surface area contributed by atoms with Gasteiger partial charge in [-0.1, -0.05) is 36.4 Å². The third-order valence-corrected chi connectivity index (χ3v) is 5.46. The molecule has 0 saturated heterocycles. The second-order valence-electron chi connectivity index (χ2n) is 6.44. The lowest BCUT2D eigenvalue weighted by atomic mass is 10.1. The van der Waals surface area contributed by atoms with E-state index in [0.717, 1.165) is 14.7 Å². The van der Waals surface area contributed by atoms with Gasteiger partial charge in [-0.05, 0) is 52.9 Å². The van der Waals surface area contributed by atoms with Crippen LogP contribution in [0.3, 0.4) is 0 Å². The molecule has 0 spiro atoms. The second kappa shape index (κ2) is 8.52. The Bertz CT molecular complexity index is 1240. The Hall–Kier alpha value is -3.07. The van der Waals surface area contributed by atoms with Crippen molar-refractivity contribution in [3.63, 3.8) is 0 Å². The first-order valence-corrected chi connectivity index (χ1v) is 10.1. The lowest BCUT2D eigenvalue weighted by molar-refractivity contribution is 0.0949. The van der Waals surface area contributed by atoms with Crippen molar-refractivity contribution in [1.82, 2.24) is 20.1 Å². The van der Waals surface area contributed by atoms with Gasteiger partial charge in [0.15, 0.2) is 0 Å². The van der Waals surface area contributed by atoms with E-state index in [-0.39, 0.29) is 24.6 Å². The average Bonchev–Trinajstić information content (AvgIpc) is 2.76. The number of hydrogen-bond donors (Lipinski definition) is 1. The van der Waals surface area contributed by atoms with Crippen molar-refractivity contribution in [3.8, 4) is 0 Å². The zero-order valence-electron chi connectivity index (χ0n) is 15.4. The Morgan fingerprint density at radius 3 is 2.45 bits per heavy atom. The molecule has 2 heterocycles. The summed E-state index contributed by atoms with van der Waals surface area (Å²) < 4.78 is 2.28.